The normalized spacial score (nSPS) is 15.2. The Morgan fingerprint density at radius 3 is 2.92 bits per heavy atom. The van der Waals surface area contributed by atoms with Gasteiger partial charge in [0, 0.05) is 23.9 Å². The number of aromatic nitrogens is 3. The molecule has 1 N–H and O–H groups in total. The number of carbonyl (C=O) groups excluding carboxylic acids is 1. The molecule has 1 aromatic carbocycles. The van der Waals surface area contributed by atoms with Gasteiger partial charge in [-0.15, -0.1) is 0 Å². The highest BCUT2D eigenvalue weighted by molar-refractivity contribution is 5.98. The van der Waals surface area contributed by atoms with Crippen LogP contribution in [-0.2, 0) is 13.6 Å². The van der Waals surface area contributed by atoms with E-state index in [1.54, 1.807) is 0 Å². The Hall–Kier alpha value is -2.63. The first-order valence-electron chi connectivity index (χ1n) is 8.37. The number of hydrogen-bond donors (Lipinski definition) is 1. The third-order valence-electron chi connectivity index (χ3n) is 4.78. The van der Waals surface area contributed by atoms with Crippen LogP contribution in [0.4, 0.5) is 0 Å². The van der Waals surface area contributed by atoms with E-state index in [1.165, 1.54) is 12.8 Å². The first-order chi connectivity index (χ1) is 11.7. The molecule has 6 heteroatoms. The molecule has 2 aromatic heterocycles. The highest BCUT2D eigenvalue weighted by Gasteiger charge is 2.23. The molecule has 24 heavy (non-hydrogen) atoms. The lowest BCUT2D eigenvalue weighted by atomic mass is 10.1. The van der Waals surface area contributed by atoms with Crippen molar-refractivity contribution in [3.63, 3.8) is 0 Å². The number of carbonyl (C=O) groups is 1. The molecule has 1 aliphatic carbocycles. The highest BCUT2D eigenvalue weighted by Crippen LogP contribution is 2.32. The van der Waals surface area contributed by atoms with Crippen LogP contribution in [0.15, 0.2) is 34.9 Å². The maximum atomic E-state index is 12.5. The Labute approximate surface area is 139 Å². The van der Waals surface area contributed by atoms with Gasteiger partial charge in [0.15, 0.2) is 5.82 Å². The molecule has 2 heterocycles. The van der Waals surface area contributed by atoms with Crippen molar-refractivity contribution in [1.29, 1.82) is 0 Å². The first kappa shape index (κ1) is 14.9. The van der Waals surface area contributed by atoms with E-state index in [-0.39, 0.29) is 12.5 Å². The molecule has 4 rings (SSSR count). The quantitative estimate of drug-likeness (QED) is 0.800. The van der Waals surface area contributed by atoms with E-state index >= 15 is 0 Å². The van der Waals surface area contributed by atoms with E-state index in [4.69, 9.17) is 4.52 Å². The molecule has 1 saturated carbocycles. The number of fused-ring (bicyclic) bond motifs is 1. The van der Waals surface area contributed by atoms with Crippen LogP contribution in [0.2, 0.25) is 0 Å². The topological polar surface area (TPSA) is 73.0 Å². The number of rotatable bonds is 4. The summed E-state index contributed by atoms with van der Waals surface area (Å²) in [6.45, 7) is 0.274. The molecule has 0 radical (unpaired) electrons. The van der Waals surface area contributed by atoms with Crippen LogP contribution in [0.3, 0.4) is 0 Å². The van der Waals surface area contributed by atoms with Crippen molar-refractivity contribution in [3.05, 3.63) is 47.7 Å². The van der Waals surface area contributed by atoms with Gasteiger partial charge in [-0.3, -0.25) is 4.79 Å². The van der Waals surface area contributed by atoms with Crippen LogP contribution in [0.25, 0.3) is 10.9 Å². The molecule has 1 fully saturated rings. The maximum Gasteiger partial charge on any atom is 0.268 e. The van der Waals surface area contributed by atoms with Crippen LogP contribution in [-0.4, -0.2) is 20.6 Å². The first-order valence-corrected chi connectivity index (χ1v) is 8.37. The molecule has 0 atom stereocenters. The lowest BCUT2D eigenvalue weighted by Gasteiger charge is -2.04. The second kappa shape index (κ2) is 6.11. The van der Waals surface area contributed by atoms with Crippen LogP contribution in [0.5, 0.6) is 0 Å². The number of aryl methyl sites for hydroxylation is 1. The number of nitrogens with one attached hydrogen (secondary N) is 1. The number of amides is 1. The van der Waals surface area contributed by atoms with E-state index in [1.807, 2.05) is 41.9 Å². The molecular weight excluding hydrogens is 304 g/mol. The second-order valence-corrected chi connectivity index (χ2v) is 6.36. The van der Waals surface area contributed by atoms with Crippen molar-refractivity contribution in [2.24, 2.45) is 7.05 Å². The Balaban J connectivity index is 1.45. The number of nitrogens with zero attached hydrogens (tertiary/aromatic N) is 3. The third kappa shape index (κ3) is 2.68. The molecule has 1 aliphatic rings. The van der Waals surface area contributed by atoms with Crippen molar-refractivity contribution in [3.8, 4) is 0 Å². The number of benzene rings is 1. The summed E-state index contributed by atoms with van der Waals surface area (Å²) in [6, 6.07) is 9.82. The van der Waals surface area contributed by atoms with Gasteiger partial charge in [0.2, 0.25) is 5.89 Å². The average molecular weight is 324 g/mol. The average Bonchev–Trinajstić information content (AvgIpc) is 3.33. The van der Waals surface area contributed by atoms with E-state index in [2.05, 4.69) is 15.5 Å². The Kier molecular flexibility index (Phi) is 3.80. The Morgan fingerprint density at radius 1 is 1.33 bits per heavy atom. The molecule has 0 bridgehead atoms. The zero-order chi connectivity index (χ0) is 16.5. The minimum atomic E-state index is -0.138. The Morgan fingerprint density at radius 2 is 2.12 bits per heavy atom. The fraction of sp³-hybridized carbons (Fsp3) is 0.389. The predicted octanol–water partition coefficient (Wildman–Crippen LogP) is 3.15. The highest BCUT2D eigenvalue weighted by atomic mass is 16.5. The summed E-state index contributed by atoms with van der Waals surface area (Å²) in [5, 5.41) is 7.91. The van der Waals surface area contributed by atoms with Gasteiger partial charge in [0.05, 0.1) is 6.54 Å². The minimum absolute atomic E-state index is 0.138. The number of hydrogen-bond acceptors (Lipinski definition) is 4. The van der Waals surface area contributed by atoms with Crippen molar-refractivity contribution < 1.29 is 9.32 Å². The lowest BCUT2D eigenvalue weighted by molar-refractivity contribution is 0.0942. The fourth-order valence-electron chi connectivity index (χ4n) is 3.43. The number of para-hydroxylation sites is 1. The SMILES string of the molecule is Cn1c(C(=O)NCc2noc(C3CCCC3)n2)cc2ccccc21. The maximum absolute atomic E-state index is 12.5. The van der Waals surface area contributed by atoms with Crippen LogP contribution in [0.1, 0.15) is 53.8 Å². The molecule has 0 aliphatic heterocycles. The molecule has 6 nitrogen and oxygen atoms in total. The van der Waals surface area contributed by atoms with Crippen LogP contribution < -0.4 is 5.32 Å². The van der Waals surface area contributed by atoms with E-state index in [0.29, 0.717) is 23.3 Å². The van der Waals surface area contributed by atoms with Gasteiger partial charge in [-0.2, -0.15) is 4.98 Å². The van der Waals surface area contributed by atoms with Crippen molar-refractivity contribution in [2.75, 3.05) is 0 Å². The van der Waals surface area contributed by atoms with Crippen molar-refractivity contribution >= 4 is 16.8 Å². The molecule has 0 spiro atoms. The summed E-state index contributed by atoms with van der Waals surface area (Å²) in [6.07, 6.45) is 4.67. The molecular formula is C18H20N4O2. The van der Waals surface area contributed by atoms with Crippen molar-refractivity contribution in [1.82, 2.24) is 20.0 Å². The molecule has 1 amide bonds. The van der Waals surface area contributed by atoms with Gasteiger partial charge in [0.1, 0.15) is 5.69 Å². The molecule has 0 unspecified atom stereocenters. The summed E-state index contributed by atoms with van der Waals surface area (Å²) in [4.78, 5) is 16.9. The lowest BCUT2D eigenvalue weighted by Crippen LogP contribution is -2.25. The zero-order valence-corrected chi connectivity index (χ0v) is 13.7. The summed E-state index contributed by atoms with van der Waals surface area (Å²) in [7, 11) is 1.89. The monoisotopic (exact) mass is 324 g/mol. The summed E-state index contributed by atoms with van der Waals surface area (Å²) >= 11 is 0. The largest absolute Gasteiger partial charge is 0.343 e. The summed E-state index contributed by atoms with van der Waals surface area (Å²) in [5.74, 6) is 1.49. The van der Waals surface area contributed by atoms with Gasteiger partial charge in [-0.05, 0) is 25.0 Å². The molecule has 0 saturated heterocycles. The van der Waals surface area contributed by atoms with E-state index in [0.717, 1.165) is 23.7 Å². The van der Waals surface area contributed by atoms with Crippen molar-refractivity contribution in [2.45, 2.75) is 38.1 Å². The fourth-order valence-corrected chi connectivity index (χ4v) is 3.43. The second-order valence-electron chi connectivity index (χ2n) is 6.36. The van der Waals surface area contributed by atoms with Gasteiger partial charge in [0.25, 0.3) is 5.91 Å². The van der Waals surface area contributed by atoms with Gasteiger partial charge in [-0.1, -0.05) is 36.2 Å². The third-order valence-corrected chi connectivity index (χ3v) is 4.78. The minimum Gasteiger partial charge on any atom is -0.343 e. The van der Waals surface area contributed by atoms with Gasteiger partial charge in [-0.25, -0.2) is 0 Å². The molecule has 3 aromatic rings. The summed E-state index contributed by atoms with van der Waals surface area (Å²) in [5.41, 5.74) is 1.65. The van der Waals surface area contributed by atoms with E-state index < -0.39 is 0 Å². The van der Waals surface area contributed by atoms with Gasteiger partial charge < -0.3 is 14.4 Å². The van der Waals surface area contributed by atoms with E-state index in [9.17, 15) is 4.79 Å². The smallest absolute Gasteiger partial charge is 0.268 e. The van der Waals surface area contributed by atoms with Crippen LogP contribution in [0, 0.1) is 0 Å². The zero-order valence-electron chi connectivity index (χ0n) is 13.7. The predicted molar refractivity (Wildman–Crippen MR) is 89.6 cm³/mol. The molecule has 124 valence electrons. The summed E-state index contributed by atoms with van der Waals surface area (Å²) < 4.78 is 7.23. The van der Waals surface area contributed by atoms with Gasteiger partial charge >= 0.3 is 0 Å². The Bertz CT molecular complexity index is 874. The standard InChI is InChI=1S/C18H20N4O2/c1-22-14-9-5-4-8-13(14)10-15(22)17(23)19-11-16-20-18(24-21-16)12-6-2-3-7-12/h4-5,8-10,12H,2-3,6-7,11H2,1H3,(H,19,23). The van der Waals surface area contributed by atoms with Crippen LogP contribution >= 0.6 is 0 Å².